The predicted molar refractivity (Wildman–Crippen MR) is 246 cm³/mol. The first-order valence-corrected chi connectivity index (χ1v) is 27.9. The summed E-state index contributed by atoms with van der Waals surface area (Å²) < 4.78 is 62.9. The number of carboxylic acids is 2. The van der Waals surface area contributed by atoms with Crippen LogP contribution in [0.1, 0.15) is 285 Å². The van der Waals surface area contributed by atoms with Crippen LogP contribution in [0.4, 0.5) is 0 Å². The average Bonchev–Trinajstić information content (AvgIpc) is 3.18. The van der Waals surface area contributed by atoms with Crippen LogP contribution in [0.3, 0.4) is 0 Å². The standard InChI is InChI=1S/2C24H48O5S.2Na/c2*1-3-5-7-9-11-13-14-16-18-20-22-24(23(25)26,30(27,28)29)21-19-17-15-12-10-8-6-4-2;;/h2*3-22H2,1-2H3,(H,25,26)(H,27,28,29);;/q;;2*+1/p-2. The Hall–Kier alpha value is 0.760. The van der Waals surface area contributed by atoms with Crippen LogP contribution in [0, 0.1) is 0 Å². The first kappa shape index (κ1) is 69.3. The van der Waals surface area contributed by atoms with Crippen molar-refractivity contribution in [3.8, 4) is 0 Å². The van der Waals surface area contributed by atoms with Crippen molar-refractivity contribution in [1.29, 1.82) is 0 Å². The SMILES string of the molecule is CCCCCCCCCCCCC(CCCCCCCCCC)(C(=O)[O-])S(=O)(=O)O.CCCCCCCCCCCCC(CCCCCCCCCC)(C(=O)[O-])S(=O)(=O)O.[Na+].[Na+]. The molecule has 0 aromatic heterocycles. The molecule has 62 heavy (non-hydrogen) atoms. The van der Waals surface area contributed by atoms with Crippen LogP contribution in [0.25, 0.3) is 0 Å². The third-order valence-electron chi connectivity index (χ3n) is 12.5. The Labute approximate surface area is 427 Å². The normalized spacial score (nSPS) is 13.5. The molecule has 2 unspecified atom stereocenters. The molecule has 0 aliphatic carbocycles. The number of rotatable bonds is 44. The minimum absolute atomic E-state index is 0. The first-order chi connectivity index (χ1) is 28.6. The van der Waals surface area contributed by atoms with Gasteiger partial charge in [0.15, 0.2) is 0 Å². The first-order valence-electron chi connectivity index (χ1n) is 25.0. The number of carbonyl (C=O) groups is 2. The summed E-state index contributed by atoms with van der Waals surface area (Å²) >= 11 is 0. The number of carboxylic acid groups (broad SMARTS) is 2. The Morgan fingerprint density at radius 1 is 0.323 bits per heavy atom. The van der Waals surface area contributed by atoms with E-state index in [0.717, 1.165) is 89.9 Å². The monoisotopic (exact) mass is 941 g/mol. The van der Waals surface area contributed by atoms with Gasteiger partial charge in [0.1, 0.15) is 9.49 Å². The molecular weight excluding hydrogens is 847 g/mol. The smallest absolute Gasteiger partial charge is 0.548 e. The molecule has 2 N–H and O–H groups in total. The topological polar surface area (TPSA) is 189 Å². The number of aliphatic carboxylic acids is 2. The molecule has 0 amide bonds. The van der Waals surface area contributed by atoms with E-state index in [4.69, 9.17) is 0 Å². The van der Waals surface area contributed by atoms with Crippen molar-refractivity contribution in [3.63, 3.8) is 0 Å². The van der Waals surface area contributed by atoms with Gasteiger partial charge < -0.3 is 19.8 Å². The second-order valence-electron chi connectivity index (χ2n) is 17.8. The minimum Gasteiger partial charge on any atom is -0.548 e. The van der Waals surface area contributed by atoms with Crippen molar-refractivity contribution in [1.82, 2.24) is 0 Å². The molecule has 0 saturated heterocycles. The summed E-state index contributed by atoms with van der Waals surface area (Å²) in [7, 11) is -9.41. The molecule has 0 aliphatic heterocycles. The van der Waals surface area contributed by atoms with Gasteiger partial charge in [-0.05, 0) is 25.7 Å². The summed E-state index contributed by atoms with van der Waals surface area (Å²) in [5.41, 5.74) is 0. The van der Waals surface area contributed by atoms with Crippen molar-refractivity contribution in [2.75, 3.05) is 0 Å². The molecule has 0 radical (unpaired) electrons. The van der Waals surface area contributed by atoms with Gasteiger partial charge in [-0.15, -0.1) is 0 Å². The van der Waals surface area contributed by atoms with E-state index in [2.05, 4.69) is 27.7 Å². The van der Waals surface area contributed by atoms with Gasteiger partial charge in [-0.25, -0.2) is 0 Å². The van der Waals surface area contributed by atoms with Gasteiger partial charge in [-0.2, -0.15) is 16.8 Å². The van der Waals surface area contributed by atoms with E-state index < -0.39 is 41.7 Å². The fourth-order valence-corrected chi connectivity index (χ4v) is 10.3. The maximum absolute atomic E-state index is 12.0. The predicted octanol–water partition coefficient (Wildman–Crippen LogP) is 6.42. The molecule has 0 aromatic carbocycles. The zero-order valence-corrected chi connectivity index (χ0v) is 46.9. The fraction of sp³-hybridized carbons (Fsp3) is 0.958. The third-order valence-corrected chi connectivity index (χ3v) is 15.6. The molecule has 2 atom stereocenters. The largest absolute Gasteiger partial charge is 1.00 e. The number of hydrogen-bond donors (Lipinski definition) is 2. The van der Waals surface area contributed by atoms with E-state index in [-0.39, 0.29) is 84.8 Å². The second kappa shape index (κ2) is 45.5. The van der Waals surface area contributed by atoms with E-state index in [9.17, 15) is 45.7 Å². The van der Waals surface area contributed by atoms with E-state index >= 15 is 0 Å². The Bertz CT molecular complexity index is 1140. The summed E-state index contributed by atoms with van der Waals surface area (Å²) in [5.74, 6) is -3.30. The maximum Gasteiger partial charge on any atom is 1.00 e. The van der Waals surface area contributed by atoms with Crippen LogP contribution < -0.4 is 69.3 Å². The van der Waals surface area contributed by atoms with Gasteiger partial charge in [-0.3, -0.25) is 9.11 Å². The molecule has 0 aromatic rings. The van der Waals surface area contributed by atoms with E-state index in [1.165, 1.54) is 116 Å². The molecule has 14 heteroatoms. The quantitative estimate of drug-likeness (QED) is 0.0392. The molecule has 0 heterocycles. The number of carbonyl (C=O) groups excluding carboxylic acids is 2. The van der Waals surface area contributed by atoms with Crippen LogP contribution in [0.5, 0.6) is 0 Å². The summed E-state index contributed by atoms with van der Waals surface area (Å²) in [6.45, 7) is 8.74. The molecule has 0 aliphatic rings. The zero-order chi connectivity index (χ0) is 45.4. The average molecular weight is 941 g/mol. The van der Waals surface area contributed by atoms with Gasteiger partial charge >= 0.3 is 59.1 Å². The van der Waals surface area contributed by atoms with Gasteiger partial charge in [-0.1, -0.05) is 259 Å². The fourth-order valence-electron chi connectivity index (χ4n) is 8.27. The molecule has 0 saturated carbocycles. The Balaban J connectivity index is -0.000000526. The van der Waals surface area contributed by atoms with Crippen LogP contribution in [0.15, 0.2) is 0 Å². The van der Waals surface area contributed by atoms with Crippen LogP contribution in [-0.2, 0) is 29.8 Å². The van der Waals surface area contributed by atoms with Crippen molar-refractivity contribution in [3.05, 3.63) is 0 Å². The van der Waals surface area contributed by atoms with Crippen molar-refractivity contribution < 1.29 is 105 Å². The summed E-state index contributed by atoms with van der Waals surface area (Å²) in [6, 6.07) is 0. The van der Waals surface area contributed by atoms with Gasteiger partial charge in [0, 0.05) is 0 Å². The number of unbranched alkanes of at least 4 members (excludes halogenated alkanes) is 32. The molecule has 0 bridgehead atoms. The van der Waals surface area contributed by atoms with Crippen LogP contribution >= 0.6 is 0 Å². The van der Waals surface area contributed by atoms with Gasteiger partial charge in [0.2, 0.25) is 0 Å². The second-order valence-corrected chi connectivity index (χ2v) is 21.3. The van der Waals surface area contributed by atoms with Crippen molar-refractivity contribution in [2.45, 2.75) is 294 Å². The maximum atomic E-state index is 12.0. The van der Waals surface area contributed by atoms with E-state index in [0.29, 0.717) is 25.7 Å². The van der Waals surface area contributed by atoms with Gasteiger partial charge in [0.05, 0.1) is 11.9 Å². The van der Waals surface area contributed by atoms with Crippen molar-refractivity contribution in [2.24, 2.45) is 0 Å². The molecule has 10 nitrogen and oxygen atoms in total. The van der Waals surface area contributed by atoms with Gasteiger partial charge in [0.25, 0.3) is 20.2 Å². The number of hydrogen-bond acceptors (Lipinski definition) is 8. The molecule has 0 rings (SSSR count). The Kier molecular flexibility index (Phi) is 50.9. The summed E-state index contributed by atoms with van der Waals surface area (Å²) in [6.07, 6.45) is 37.7. The van der Waals surface area contributed by atoms with Crippen LogP contribution in [-0.4, -0.2) is 47.4 Å². The molecule has 360 valence electrons. The molecule has 0 fully saturated rings. The van der Waals surface area contributed by atoms with Crippen LogP contribution in [0.2, 0.25) is 0 Å². The Morgan fingerprint density at radius 3 is 0.565 bits per heavy atom. The van der Waals surface area contributed by atoms with E-state index in [1.54, 1.807) is 0 Å². The summed E-state index contributed by atoms with van der Waals surface area (Å²) in [5, 5.41) is 23.5. The minimum atomic E-state index is -4.70. The zero-order valence-electron chi connectivity index (χ0n) is 41.3. The van der Waals surface area contributed by atoms with E-state index in [1.807, 2.05) is 0 Å². The summed E-state index contributed by atoms with van der Waals surface area (Å²) in [4.78, 5) is 23.5. The van der Waals surface area contributed by atoms with Crippen molar-refractivity contribution >= 4 is 32.2 Å². The third kappa shape index (κ3) is 35.0. The Morgan fingerprint density at radius 2 is 0.452 bits per heavy atom. The molecule has 0 spiro atoms. The molecular formula is C48H94Na2O10S2.